The highest BCUT2D eigenvalue weighted by Gasteiger charge is 2.25. The Bertz CT molecular complexity index is 1200. The Balaban J connectivity index is 1.98. The summed E-state index contributed by atoms with van der Waals surface area (Å²) in [7, 11) is 0. The molecule has 1 aromatic carbocycles. The lowest BCUT2D eigenvalue weighted by Gasteiger charge is -2.19. The average molecular weight is 417 g/mol. The van der Waals surface area contributed by atoms with Crippen LogP contribution in [0.1, 0.15) is 23.7 Å². The first kappa shape index (κ1) is 19.9. The number of pyridine rings is 2. The van der Waals surface area contributed by atoms with Crippen LogP contribution >= 0.6 is 0 Å². The summed E-state index contributed by atoms with van der Waals surface area (Å²) < 4.78 is 47.8. The van der Waals surface area contributed by atoms with Crippen LogP contribution in [0, 0.1) is 11.6 Å². The predicted octanol–water partition coefficient (Wildman–Crippen LogP) is 3.39. The van der Waals surface area contributed by atoms with Gasteiger partial charge in [0.1, 0.15) is 29.2 Å². The smallest absolute Gasteiger partial charge is 0.343 e. The minimum Gasteiger partial charge on any atom is -0.462 e. The van der Waals surface area contributed by atoms with Crippen molar-refractivity contribution in [1.82, 2.24) is 9.55 Å². The second-order valence-electron chi connectivity index (χ2n) is 6.93. The number of carbonyl (C=O) groups is 1. The third kappa shape index (κ3) is 3.51. The maximum atomic E-state index is 14.6. The molecule has 1 atom stereocenters. The maximum absolute atomic E-state index is 14.6. The van der Waals surface area contributed by atoms with Crippen LogP contribution in [0.4, 0.5) is 19.0 Å². The highest BCUT2D eigenvalue weighted by molar-refractivity contribution is 5.93. The molecule has 0 unspecified atom stereocenters. The van der Waals surface area contributed by atoms with E-state index in [1.54, 1.807) is 17.9 Å². The highest BCUT2D eigenvalue weighted by atomic mass is 19.1. The van der Waals surface area contributed by atoms with Crippen LogP contribution in [0.5, 0.6) is 0 Å². The predicted molar refractivity (Wildman–Crippen MR) is 105 cm³/mol. The summed E-state index contributed by atoms with van der Waals surface area (Å²) in [6, 6.07) is 5.96. The average Bonchev–Trinajstić information content (AvgIpc) is 3.15. The lowest BCUT2D eigenvalue weighted by atomic mass is 10.1. The number of aromatic nitrogens is 2. The standard InChI is InChI=1S/C21H18F3N3O3/c1-2-30-21(29)15-11-27(17-5-3-12(22)9-16(17)24)20-14(19(15)28)4-6-18(25-20)26-8-7-13(23)10-26/h3-6,9,11,13H,2,7-8,10H2,1H3/t13-/m1/s1. The molecule has 1 aliphatic rings. The van der Waals surface area contributed by atoms with E-state index >= 15 is 0 Å². The van der Waals surface area contributed by atoms with Crippen molar-refractivity contribution in [3.05, 3.63) is 63.9 Å². The van der Waals surface area contributed by atoms with E-state index < -0.39 is 29.2 Å². The number of alkyl halides is 1. The van der Waals surface area contributed by atoms with E-state index in [2.05, 4.69) is 4.98 Å². The highest BCUT2D eigenvalue weighted by Crippen LogP contribution is 2.25. The molecule has 0 aliphatic carbocycles. The second kappa shape index (κ2) is 7.81. The summed E-state index contributed by atoms with van der Waals surface area (Å²) in [5.74, 6) is -2.11. The molecule has 1 fully saturated rings. The molecule has 0 spiro atoms. The Hall–Kier alpha value is -3.36. The number of rotatable bonds is 4. The van der Waals surface area contributed by atoms with Gasteiger partial charge in [0, 0.05) is 18.8 Å². The molecule has 6 nitrogen and oxygen atoms in total. The van der Waals surface area contributed by atoms with Crippen LogP contribution < -0.4 is 10.3 Å². The molecule has 0 bridgehead atoms. The Morgan fingerprint density at radius 1 is 1.27 bits per heavy atom. The van der Waals surface area contributed by atoms with Crippen molar-refractivity contribution in [2.45, 2.75) is 19.5 Å². The first-order valence-corrected chi connectivity index (χ1v) is 9.47. The normalized spacial score (nSPS) is 16.3. The van der Waals surface area contributed by atoms with Crippen molar-refractivity contribution >= 4 is 22.8 Å². The Morgan fingerprint density at radius 3 is 2.73 bits per heavy atom. The van der Waals surface area contributed by atoms with E-state index in [4.69, 9.17) is 4.74 Å². The van der Waals surface area contributed by atoms with Crippen LogP contribution in [0.2, 0.25) is 0 Å². The topological polar surface area (TPSA) is 64.4 Å². The Morgan fingerprint density at radius 2 is 2.07 bits per heavy atom. The fourth-order valence-corrected chi connectivity index (χ4v) is 3.51. The minimum absolute atomic E-state index is 0.0533. The van der Waals surface area contributed by atoms with Gasteiger partial charge in [-0.3, -0.25) is 9.36 Å². The van der Waals surface area contributed by atoms with Crippen molar-refractivity contribution < 1.29 is 22.7 Å². The summed E-state index contributed by atoms with van der Waals surface area (Å²) in [6.45, 7) is 2.27. The summed E-state index contributed by atoms with van der Waals surface area (Å²) in [5, 5.41) is 0.0593. The Kier molecular flexibility index (Phi) is 5.19. The summed E-state index contributed by atoms with van der Waals surface area (Å²) in [4.78, 5) is 31.3. The van der Waals surface area contributed by atoms with Crippen LogP contribution in [0.25, 0.3) is 16.7 Å². The molecule has 3 aromatic rings. The van der Waals surface area contributed by atoms with Gasteiger partial charge in [0.25, 0.3) is 0 Å². The zero-order chi connectivity index (χ0) is 21.4. The molecular weight excluding hydrogens is 399 g/mol. The molecule has 0 radical (unpaired) electrons. The van der Waals surface area contributed by atoms with Crippen LogP contribution in [-0.4, -0.2) is 41.4 Å². The van der Waals surface area contributed by atoms with E-state index in [0.717, 1.165) is 12.3 Å². The SMILES string of the molecule is CCOC(=O)c1cn(-c2ccc(F)cc2F)c2nc(N3CC[C@@H](F)C3)ccc2c1=O. The largest absolute Gasteiger partial charge is 0.462 e. The molecule has 0 N–H and O–H groups in total. The summed E-state index contributed by atoms with van der Waals surface area (Å²) in [6.07, 6.45) is 0.518. The van der Waals surface area contributed by atoms with Gasteiger partial charge < -0.3 is 9.64 Å². The number of hydrogen-bond acceptors (Lipinski definition) is 5. The van der Waals surface area contributed by atoms with Gasteiger partial charge in [-0.05, 0) is 37.6 Å². The number of halogens is 3. The van der Waals surface area contributed by atoms with Gasteiger partial charge >= 0.3 is 5.97 Å². The van der Waals surface area contributed by atoms with E-state index in [9.17, 15) is 22.8 Å². The molecule has 9 heteroatoms. The van der Waals surface area contributed by atoms with Crippen molar-refractivity contribution in [3.8, 4) is 5.69 Å². The van der Waals surface area contributed by atoms with Gasteiger partial charge in [0.15, 0.2) is 5.65 Å². The van der Waals surface area contributed by atoms with Gasteiger partial charge in [0.2, 0.25) is 5.43 Å². The summed E-state index contributed by atoms with van der Waals surface area (Å²) >= 11 is 0. The van der Waals surface area contributed by atoms with E-state index in [-0.39, 0.29) is 35.4 Å². The number of carbonyl (C=O) groups excluding carboxylic acids is 1. The third-order valence-corrected chi connectivity index (χ3v) is 4.96. The molecule has 30 heavy (non-hydrogen) atoms. The molecule has 0 amide bonds. The molecule has 1 saturated heterocycles. The van der Waals surface area contributed by atoms with Crippen molar-refractivity contribution in [2.24, 2.45) is 0 Å². The van der Waals surface area contributed by atoms with Crippen LogP contribution in [-0.2, 0) is 4.74 Å². The monoisotopic (exact) mass is 417 g/mol. The molecule has 2 aromatic heterocycles. The van der Waals surface area contributed by atoms with Gasteiger partial charge in [-0.2, -0.15) is 0 Å². The van der Waals surface area contributed by atoms with E-state index in [1.807, 2.05) is 0 Å². The van der Waals surface area contributed by atoms with Crippen molar-refractivity contribution in [3.63, 3.8) is 0 Å². The fraction of sp³-hybridized carbons (Fsp3) is 0.286. The quantitative estimate of drug-likeness (QED) is 0.609. The second-order valence-corrected chi connectivity index (χ2v) is 6.93. The van der Waals surface area contributed by atoms with Crippen molar-refractivity contribution in [2.75, 3.05) is 24.6 Å². The maximum Gasteiger partial charge on any atom is 0.343 e. The molecule has 1 aliphatic heterocycles. The number of ether oxygens (including phenoxy) is 1. The third-order valence-electron chi connectivity index (χ3n) is 4.96. The number of hydrogen-bond donors (Lipinski definition) is 0. The van der Waals surface area contributed by atoms with E-state index in [0.29, 0.717) is 24.8 Å². The fourth-order valence-electron chi connectivity index (χ4n) is 3.51. The zero-order valence-electron chi connectivity index (χ0n) is 16.1. The number of nitrogens with zero attached hydrogens (tertiary/aromatic N) is 3. The van der Waals surface area contributed by atoms with Gasteiger partial charge in [-0.25, -0.2) is 22.9 Å². The first-order valence-electron chi connectivity index (χ1n) is 9.47. The minimum atomic E-state index is -0.981. The number of benzene rings is 1. The lowest BCUT2D eigenvalue weighted by Crippen LogP contribution is -2.24. The molecule has 3 heterocycles. The summed E-state index contributed by atoms with van der Waals surface area (Å²) in [5.41, 5.74) is -0.946. The Labute approximate surface area is 169 Å². The first-order chi connectivity index (χ1) is 14.4. The number of fused-ring (bicyclic) bond motifs is 1. The van der Waals surface area contributed by atoms with Gasteiger partial charge in [0.05, 0.1) is 24.2 Å². The van der Waals surface area contributed by atoms with Gasteiger partial charge in [-0.1, -0.05) is 0 Å². The number of esters is 1. The van der Waals surface area contributed by atoms with Gasteiger partial charge in [-0.15, -0.1) is 0 Å². The molecule has 156 valence electrons. The molecule has 4 rings (SSSR count). The van der Waals surface area contributed by atoms with Crippen molar-refractivity contribution in [1.29, 1.82) is 0 Å². The van der Waals surface area contributed by atoms with Crippen LogP contribution in [0.3, 0.4) is 0 Å². The lowest BCUT2D eigenvalue weighted by molar-refractivity contribution is 0.0524. The molecule has 0 saturated carbocycles. The van der Waals surface area contributed by atoms with Crippen LogP contribution in [0.15, 0.2) is 41.3 Å². The van der Waals surface area contributed by atoms with E-state index in [1.165, 1.54) is 16.7 Å². The molecular formula is C21H18F3N3O3. The zero-order valence-corrected chi connectivity index (χ0v) is 16.1. The number of anilines is 1.